The first-order valence-electron chi connectivity index (χ1n) is 5.95. The summed E-state index contributed by atoms with van der Waals surface area (Å²) in [5.41, 5.74) is 6.47. The van der Waals surface area contributed by atoms with Crippen LogP contribution in [0.4, 0.5) is 5.82 Å². The molecule has 0 aliphatic heterocycles. The summed E-state index contributed by atoms with van der Waals surface area (Å²) in [6.07, 6.45) is 0. The van der Waals surface area contributed by atoms with Gasteiger partial charge in [-0.05, 0) is 29.5 Å². The maximum absolute atomic E-state index is 5.37. The van der Waals surface area contributed by atoms with Crippen molar-refractivity contribution in [1.82, 2.24) is 4.98 Å². The number of aryl methyl sites for hydroxylation is 1. The smallest absolute Gasteiger partial charge is 0.151 e. The molecule has 1 heterocycles. The van der Waals surface area contributed by atoms with Crippen LogP contribution in [0.15, 0.2) is 23.6 Å². The fourth-order valence-corrected chi connectivity index (χ4v) is 2.62. The second-order valence-electron chi connectivity index (χ2n) is 5.46. The highest BCUT2D eigenvalue weighted by Gasteiger charge is 2.16. The summed E-state index contributed by atoms with van der Waals surface area (Å²) in [4.78, 5) is 4.47. The predicted molar refractivity (Wildman–Crippen MR) is 78.8 cm³/mol. The van der Waals surface area contributed by atoms with Crippen LogP contribution >= 0.6 is 11.3 Å². The Labute approximate surface area is 112 Å². The number of nitrogens with two attached hydrogens (primary N) is 1. The van der Waals surface area contributed by atoms with Crippen molar-refractivity contribution >= 4 is 17.2 Å². The van der Waals surface area contributed by atoms with Crippen LogP contribution in [0.3, 0.4) is 0 Å². The van der Waals surface area contributed by atoms with Crippen molar-refractivity contribution < 1.29 is 0 Å². The topological polar surface area (TPSA) is 50.9 Å². The lowest BCUT2D eigenvalue weighted by atomic mass is 9.85. The summed E-state index contributed by atoms with van der Waals surface area (Å²) >= 11 is 1.61. The van der Waals surface area contributed by atoms with Gasteiger partial charge < -0.3 is 5.43 Å². The molecule has 3 N–H and O–H groups in total. The van der Waals surface area contributed by atoms with E-state index in [1.54, 1.807) is 11.3 Å². The maximum atomic E-state index is 5.37. The number of hydrazine groups is 1. The van der Waals surface area contributed by atoms with E-state index < -0.39 is 0 Å². The summed E-state index contributed by atoms with van der Waals surface area (Å²) < 4.78 is 0. The lowest BCUT2D eigenvalue weighted by molar-refractivity contribution is 0.590. The van der Waals surface area contributed by atoms with Crippen molar-refractivity contribution in [1.29, 1.82) is 0 Å². The van der Waals surface area contributed by atoms with Crippen molar-refractivity contribution in [2.75, 3.05) is 5.43 Å². The number of rotatable bonds is 2. The Morgan fingerprint density at radius 1 is 1.28 bits per heavy atom. The average Bonchev–Trinajstić information content (AvgIpc) is 2.76. The summed E-state index contributed by atoms with van der Waals surface area (Å²) in [5.74, 6) is 6.09. The van der Waals surface area contributed by atoms with Gasteiger partial charge in [-0.3, -0.25) is 0 Å². The average molecular weight is 261 g/mol. The molecule has 0 radical (unpaired) electrons. The zero-order chi connectivity index (χ0) is 13.3. The summed E-state index contributed by atoms with van der Waals surface area (Å²) in [5, 5.41) is 2.94. The summed E-state index contributed by atoms with van der Waals surface area (Å²) in [7, 11) is 0. The molecule has 2 aromatic rings. The van der Waals surface area contributed by atoms with Gasteiger partial charge in [-0.1, -0.05) is 32.9 Å². The maximum Gasteiger partial charge on any atom is 0.151 e. The highest BCUT2D eigenvalue weighted by atomic mass is 32.1. The number of hydrogen-bond acceptors (Lipinski definition) is 4. The Morgan fingerprint density at radius 2 is 2.00 bits per heavy atom. The molecule has 96 valence electrons. The lowest BCUT2D eigenvalue weighted by Crippen LogP contribution is -2.11. The van der Waals surface area contributed by atoms with E-state index in [0.717, 1.165) is 10.8 Å². The molecule has 0 unspecified atom stereocenters. The third-order valence-corrected chi connectivity index (χ3v) is 3.86. The molecule has 0 bridgehead atoms. The Hall–Kier alpha value is -1.39. The zero-order valence-corrected chi connectivity index (χ0v) is 12.1. The van der Waals surface area contributed by atoms with Gasteiger partial charge in [-0.2, -0.15) is 0 Å². The molecule has 0 aliphatic carbocycles. The number of hydrogen-bond donors (Lipinski definition) is 2. The molecule has 2 rings (SSSR count). The van der Waals surface area contributed by atoms with E-state index >= 15 is 0 Å². The third kappa shape index (κ3) is 2.54. The van der Waals surface area contributed by atoms with Crippen molar-refractivity contribution in [2.45, 2.75) is 33.1 Å². The van der Waals surface area contributed by atoms with E-state index in [-0.39, 0.29) is 5.41 Å². The predicted octanol–water partition coefficient (Wildman–Crippen LogP) is 3.70. The second kappa shape index (κ2) is 4.71. The molecule has 0 fully saturated rings. The minimum atomic E-state index is 0.147. The van der Waals surface area contributed by atoms with Crippen LogP contribution in [-0.2, 0) is 5.41 Å². The first kappa shape index (κ1) is 13.1. The number of aromatic nitrogens is 1. The van der Waals surface area contributed by atoms with Crippen LogP contribution < -0.4 is 11.3 Å². The number of nitrogens with one attached hydrogen (secondary N) is 1. The standard InChI is InChI=1S/C14H19N3S/c1-9-5-6-10(14(2,3)4)7-11(9)13-16-12(17-15)8-18-13/h5-8,17H,15H2,1-4H3. The van der Waals surface area contributed by atoms with E-state index in [1.807, 2.05) is 5.38 Å². The minimum absolute atomic E-state index is 0.147. The SMILES string of the molecule is Cc1ccc(C(C)(C)C)cc1-c1nc(NN)cs1. The van der Waals surface area contributed by atoms with Crippen LogP contribution in [0.5, 0.6) is 0 Å². The third-order valence-electron chi connectivity index (χ3n) is 2.99. The van der Waals surface area contributed by atoms with Crippen molar-refractivity contribution in [3.8, 4) is 10.6 Å². The van der Waals surface area contributed by atoms with Gasteiger partial charge in [-0.15, -0.1) is 11.3 Å². The number of benzene rings is 1. The Balaban J connectivity index is 2.49. The van der Waals surface area contributed by atoms with Crippen molar-refractivity contribution in [2.24, 2.45) is 5.84 Å². The molecular formula is C14H19N3S. The van der Waals surface area contributed by atoms with E-state index in [4.69, 9.17) is 5.84 Å². The molecule has 0 saturated carbocycles. The van der Waals surface area contributed by atoms with Gasteiger partial charge in [-0.25, -0.2) is 10.8 Å². The fraction of sp³-hybridized carbons (Fsp3) is 0.357. The van der Waals surface area contributed by atoms with Crippen LogP contribution in [0, 0.1) is 6.92 Å². The quantitative estimate of drug-likeness (QED) is 0.640. The second-order valence-corrected chi connectivity index (χ2v) is 6.32. The van der Waals surface area contributed by atoms with Gasteiger partial charge in [0.25, 0.3) is 0 Å². The highest BCUT2D eigenvalue weighted by molar-refractivity contribution is 7.13. The molecule has 18 heavy (non-hydrogen) atoms. The number of anilines is 1. The van der Waals surface area contributed by atoms with Gasteiger partial charge in [0, 0.05) is 10.9 Å². The first-order chi connectivity index (χ1) is 8.41. The van der Waals surface area contributed by atoms with Crippen LogP contribution in [0.1, 0.15) is 31.9 Å². The monoisotopic (exact) mass is 261 g/mol. The molecule has 0 spiro atoms. The van der Waals surface area contributed by atoms with Gasteiger partial charge in [0.15, 0.2) is 5.82 Å². The van der Waals surface area contributed by atoms with Crippen molar-refractivity contribution in [3.05, 3.63) is 34.7 Å². The highest BCUT2D eigenvalue weighted by Crippen LogP contribution is 2.32. The molecule has 0 aliphatic rings. The van der Waals surface area contributed by atoms with E-state index in [1.165, 1.54) is 16.7 Å². The van der Waals surface area contributed by atoms with Gasteiger partial charge in [0.1, 0.15) is 5.01 Å². The molecule has 3 nitrogen and oxygen atoms in total. The number of nitrogen functional groups attached to an aromatic ring is 1. The molecule has 1 aromatic carbocycles. The molecule has 0 saturated heterocycles. The fourth-order valence-electron chi connectivity index (χ4n) is 1.78. The molecule has 1 aromatic heterocycles. The molecule has 4 heteroatoms. The first-order valence-corrected chi connectivity index (χ1v) is 6.83. The van der Waals surface area contributed by atoms with Crippen LogP contribution in [-0.4, -0.2) is 4.98 Å². The normalized spacial score (nSPS) is 11.6. The van der Waals surface area contributed by atoms with Crippen molar-refractivity contribution in [3.63, 3.8) is 0 Å². The van der Waals surface area contributed by atoms with Gasteiger partial charge in [0.2, 0.25) is 0 Å². The van der Waals surface area contributed by atoms with Crippen LogP contribution in [0.25, 0.3) is 10.6 Å². The molecular weight excluding hydrogens is 242 g/mol. The summed E-state index contributed by atoms with van der Waals surface area (Å²) in [6, 6.07) is 6.58. The Kier molecular flexibility index (Phi) is 3.41. The molecule has 0 amide bonds. The van der Waals surface area contributed by atoms with Crippen LogP contribution in [0.2, 0.25) is 0 Å². The Morgan fingerprint density at radius 3 is 2.56 bits per heavy atom. The lowest BCUT2D eigenvalue weighted by Gasteiger charge is -2.20. The zero-order valence-electron chi connectivity index (χ0n) is 11.2. The number of thiazole rings is 1. The van der Waals surface area contributed by atoms with E-state index in [9.17, 15) is 0 Å². The van der Waals surface area contributed by atoms with Gasteiger partial charge >= 0.3 is 0 Å². The number of nitrogens with zero attached hydrogens (tertiary/aromatic N) is 1. The van der Waals surface area contributed by atoms with E-state index in [2.05, 4.69) is 56.3 Å². The Bertz CT molecular complexity index is 552. The minimum Gasteiger partial charge on any atom is -0.308 e. The summed E-state index contributed by atoms with van der Waals surface area (Å²) in [6.45, 7) is 8.77. The largest absolute Gasteiger partial charge is 0.308 e. The van der Waals surface area contributed by atoms with E-state index in [0.29, 0.717) is 0 Å². The molecule has 0 atom stereocenters. The van der Waals surface area contributed by atoms with Gasteiger partial charge in [0.05, 0.1) is 0 Å².